The molecule has 5 nitrogen and oxygen atoms in total. The number of fused-ring (bicyclic) bond motifs is 1. The number of carbonyl (C=O) groups is 2. The van der Waals surface area contributed by atoms with Gasteiger partial charge in [-0.05, 0) is 61.5 Å². The number of amides is 2. The molecule has 0 saturated heterocycles. The number of anilines is 2. The van der Waals surface area contributed by atoms with Gasteiger partial charge in [0.05, 0.1) is 16.0 Å². The van der Waals surface area contributed by atoms with Gasteiger partial charge in [-0.3, -0.25) is 9.59 Å². The number of aryl methyl sites for hydroxylation is 1. The molecule has 0 aliphatic heterocycles. The van der Waals surface area contributed by atoms with Gasteiger partial charge in [0.25, 0.3) is 5.91 Å². The third kappa shape index (κ3) is 5.64. The first-order chi connectivity index (χ1) is 15.0. The number of hydrogen-bond donors (Lipinski definition) is 2. The van der Waals surface area contributed by atoms with Crippen molar-refractivity contribution in [2.75, 3.05) is 16.4 Å². The van der Waals surface area contributed by atoms with E-state index in [1.807, 2.05) is 49.4 Å². The average molecular weight is 468 g/mol. The maximum absolute atomic E-state index is 12.4. The summed E-state index contributed by atoms with van der Waals surface area (Å²) in [5.41, 5.74) is 3.97. The first kappa shape index (κ1) is 21.4. The van der Waals surface area contributed by atoms with Gasteiger partial charge in [0.15, 0.2) is 4.34 Å². The lowest BCUT2D eigenvalue weighted by Gasteiger charge is -2.05. The molecule has 8 heteroatoms. The predicted molar refractivity (Wildman–Crippen MR) is 130 cm³/mol. The zero-order valence-corrected chi connectivity index (χ0v) is 18.9. The number of carbonyl (C=O) groups excluding carboxylic acids is 2. The molecule has 31 heavy (non-hydrogen) atoms. The minimum atomic E-state index is -0.206. The van der Waals surface area contributed by atoms with Gasteiger partial charge in [0.1, 0.15) is 0 Å². The summed E-state index contributed by atoms with van der Waals surface area (Å²) in [6, 6.07) is 20.0. The predicted octanol–water partition coefficient (Wildman–Crippen LogP) is 6.24. The molecule has 0 bridgehead atoms. The molecule has 2 amide bonds. The summed E-state index contributed by atoms with van der Waals surface area (Å²) in [5, 5.41) is 6.35. The van der Waals surface area contributed by atoms with Crippen molar-refractivity contribution in [3.05, 3.63) is 82.9 Å². The number of aromatic nitrogens is 1. The Morgan fingerprint density at radius 1 is 0.968 bits per heavy atom. The highest BCUT2D eigenvalue weighted by Gasteiger charge is 2.11. The zero-order chi connectivity index (χ0) is 21.8. The van der Waals surface area contributed by atoms with Crippen molar-refractivity contribution < 1.29 is 9.59 Å². The average Bonchev–Trinajstić information content (AvgIpc) is 3.16. The Hall–Kier alpha value is -2.87. The van der Waals surface area contributed by atoms with Crippen molar-refractivity contribution in [1.29, 1.82) is 0 Å². The summed E-state index contributed by atoms with van der Waals surface area (Å²) in [6.45, 7) is 2.00. The molecular weight excluding hydrogens is 450 g/mol. The monoisotopic (exact) mass is 467 g/mol. The van der Waals surface area contributed by atoms with Gasteiger partial charge < -0.3 is 10.6 Å². The van der Waals surface area contributed by atoms with Crippen molar-refractivity contribution >= 4 is 68.1 Å². The molecule has 0 spiro atoms. The summed E-state index contributed by atoms with van der Waals surface area (Å²) in [5.74, 6) is -0.0136. The summed E-state index contributed by atoms with van der Waals surface area (Å²) in [7, 11) is 0. The Morgan fingerprint density at radius 2 is 1.68 bits per heavy atom. The number of rotatable bonds is 6. The van der Waals surface area contributed by atoms with E-state index in [-0.39, 0.29) is 17.6 Å². The molecule has 2 N–H and O–H groups in total. The fraction of sp³-hybridized carbons (Fsp3) is 0.0870. The third-order valence-corrected chi connectivity index (χ3v) is 6.81. The Bertz CT molecular complexity index is 1240. The van der Waals surface area contributed by atoms with Crippen molar-refractivity contribution in [1.82, 2.24) is 4.98 Å². The number of nitrogens with one attached hydrogen (secondary N) is 2. The van der Waals surface area contributed by atoms with Gasteiger partial charge in [0, 0.05) is 22.0 Å². The summed E-state index contributed by atoms with van der Waals surface area (Å²) in [4.78, 5) is 29.2. The van der Waals surface area contributed by atoms with Gasteiger partial charge in [-0.15, -0.1) is 11.3 Å². The van der Waals surface area contributed by atoms with E-state index in [1.165, 1.54) is 23.1 Å². The minimum absolute atomic E-state index is 0.0796. The Labute approximate surface area is 192 Å². The van der Waals surface area contributed by atoms with Crippen molar-refractivity contribution in [2.45, 2.75) is 11.3 Å². The van der Waals surface area contributed by atoms with Crippen molar-refractivity contribution in [2.24, 2.45) is 0 Å². The van der Waals surface area contributed by atoms with Gasteiger partial charge in [-0.25, -0.2) is 4.98 Å². The van der Waals surface area contributed by atoms with Crippen LogP contribution in [0.3, 0.4) is 0 Å². The lowest BCUT2D eigenvalue weighted by molar-refractivity contribution is -0.113. The van der Waals surface area contributed by atoms with Crippen LogP contribution in [0.2, 0.25) is 5.02 Å². The number of halogens is 1. The molecule has 3 aromatic carbocycles. The maximum atomic E-state index is 12.4. The largest absolute Gasteiger partial charge is 0.325 e. The second-order valence-corrected chi connectivity index (χ2v) is 9.52. The topological polar surface area (TPSA) is 71.1 Å². The van der Waals surface area contributed by atoms with Crippen LogP contribution in [0.15, 0.2) is 71.1 Å². The number of thiazole rings is 1. The van der Waals surface area contributed by atoms with Crippen LogP contribution < -0.4 is 10.6 Å². The van der Waals surface area contributed by atoms with Crippen LogP contribution in [0.5, 0.6) is 0 Å². The van der Waals surface area contributed by atoms with Gasteiger partial charge in [-0.2, -0.15) is 0 Å². The normalized spacial score (nSPS) is 10.8. The molecule has 4 rings (SSSR count). The molecule has 0 saturated carbocycles. The molecule has 0 atom stereocenters. The second kappa shape index (κ2) is 9.51. The first-order valence-corrected chi connectivity index (χ1v) is 11.6. The van der Waals surface area contributed by atoms with E-state index in [9.17, 15) is 9.59 Å². The lowest BCUT2D eigenvalue weighted by Crippen LogP contribution is -2.13. The van der Waals surface area contributed by atoms with Crippen LogP contribution in [0.1, 0.15) is 15.9 Å². The van der Waals surface area contributed by atoms with E-state index < -0.39 is 0 Å². The van der Waals surface area contributed by atoms with E-state index in [0.29, 0.717) is 16.3 Å². The molecule has 0 fully saturated rings. The van der Waals surface area contributed by atoms with Crippen LogP contribution in [-0.2, 0) is 4.79 Å². The Morgan fingerprint density at radius 3 is 2.42 bits per heavy atom. The van der Waals surface area contributed by atoms with Crippen molar-refractivity contribution in [3.63, 3.8) is 0 Å². The van der Waals surface area contributed by atoms with Crippen LogP contribution >= 0.6 is 34.7 Å². The SMILES string of the molecule is Cc1ccc(NC(=O)CSc2nc3ccc(NC(=O)c4ccc(Cl)cc4)cc3s2)cc1. The highest BCUT2D eigenvalue weighted by atomic mass is 35.5. The van der Waals surface area contributed by atoms with Crippen molar-refractivity contribution in [3.8, 4) is 0 Å². The molecular formula is C23H18ClN3O2S2. The summed E-state index contributed by atoms with van der Waals surface area (Å²) >= 11 is 8.75. The van der Waals surface area contributed by atoms with Crippen LogP contribution in [0.25, 0.3) is 10.2 Å². The number of benzene rings is 3. The van der Waals surface area contributed by atoms with E-state index in [2.05, 4.69) is 15.6 Å². The smallest absolute Gasteiger partial charge is 0.255 e. The molecule has 0 aliphatic rings. The van der Waals surface area contributed by atoms with Gasteiger partial charge in [0.2, 0.25) is 5.91 Å². The number of thioether (sulfide) groups is 1. The summed E-state index contributed by atoms with van der Waals surface area (Å²) < 4.78 is 1.74. The molecule has 156 valence electrons. The molecule has 1 heterocycles. The fourth-order valence-electron chi connectivity index (χ4n) is 2.81. The zero-order valence-electron chi connectivity index (χ0n) is 16.5. The highest BCUT2D eigenvalue weighted by molar-refractivity contribution is 8.01. The third-order valence-electron chi connectivity index (χ3n) is 4.40. The van der Waals surface area contributed by atoms with E-state index >= 15 is 0 Å². The fourth-order valence-corrected chi connectivity index (χ4v) is 4.84. The summed E-state index contributed by atoms with van der Waals surface area (Å²) in [6.07, 6.45) is 0. The minimum Gasteiger partial charge on any atom is -0.325 e. The quantitative estimate of drug-likeness (QED) is 0.329. The Kier molecular flexibility index (Phi) is 6.56. The van der Waals surface area contributed by atoms with E-state index in [0.717, 1.165) is 25.8 Å². The highest BCUT2D eigenvalue weighted by Crippen LogP contribution is 2.31. The molecule has 0 aliphatic carbocycles. The van der Waals surface area contributed by atoms with Crippen LogP contribution in [-0.4, -0.2) is 22.6 Å². The first-order valence-electron chi connectivity index (χ1n) is 9.43. The molecule has 4 aromatic rings. The molecule has 1 aromatic heterocycles. The second-order valence-electron chi connectivity index (χ2n) is 6.83. The maximum Gasteiger partial charge on any atom is 0.255 e. The van der Waals surface area contributed by atoms with Crippen LogP contribution in [0, 0.1) is 6.92 Å². The lowest BCUT2D eigenvalue weighted by atomic mass is 10.2. The van der Waals surface area contributed by atoms with Crippen LogP contribution in [0.4, 0.5) is 11.4 Å². The van der Waals surface area contributed by atoms with Gasteiger partial charge in [-0.1, -0.05) is 41.1 Å². The molecule has 0 unspecified atom stereocenters. The number of nitrogens with zero attached hydrogens (tertiary/aromatic N) is 1. The number of hydrogen-bond acceptors (Lipinski definition) is 5. The van der Waals surface area contributed by atoms with Gasteiger partial charge >= 0.3 is 0 Å². The molecule has 0 radical (unpaired) electrons. The van der Waals surface area contributed by atoms with E-state index in [1.54, 1.807) is 24.3 Å². The van der Waals surface area contributed by atoms with E-state index in [4.69, 9.17) is 11.6 Å². The standard InChI is InChI=1S/C23H18ClN3O2S2/c1-14-2-8-17(9-3-14)25-21(28)13-30-23-27-19-11-10-18(12-20(19)31-23)26-22(29)15-4-6-16(24)7-5-15/h2-12H,13H2,1H3,(H,25,28)(H,26,29). The Balaban J connectivity index is 1.38.